The Bertz CT molecular complexity index is 1340. The molecule has 2 aliphatic heterocycles. The van der Waals surface area contributed by atoms with Gasteiger partial charge in [0, 0.05) is 50.1 Å². The highest BCUT2D eigenvalue weighted by atomic mass is 15.1. The zero-order chi connectivity index (χ0) is 25.5. The average Bonchev–Trinajstić information content (AvgIpc) is 3.54. The van der Waals surface area contributed by atoms with E-state index < -0.39 is 0 Å². The van der Waals surface area contributed by atoms with Crippen molar-refractivity contribution in [3.63, 3.8) is 0 Å². The van der Waals surface area contributed by atoms with Gasteiger partial charge in [-0.1, -0.05) is 78.9 Å². The third-order valence-electron chi connectivity index (χ3n) is 6.22. The van der Waals surface area contributed by atoms with Crippen molar-refractivity contribution < 1.29 is 0 Å². The first-order chi connectivity index (χ1) is 17.4. The molecule has 2 aliphatic rings. The summed E-state index contributed by atoms with van der Waals surface area (Å²) in [5.41, 5.74) is 17.2. The highest BCUT2D eigenvalue weighted by Gasteiger charge is 2.22. The van der Waals surface area contributed by atoms with Gasteiger partial charge in [-0.05, 0) is 47.4 Å². The van der Waals surface area contributed by atoms with Crippen LogP contribution in [0.4, 0.5) is 5.69 Å². The van der Waals surface area contributed by atoms with E-state index in [1.807, 2.05) is 18.4 Å². The Kier molecular flexibility index (Phi) is 7.96. The molecule has 0 saturated heterocycles. The minimum atomic E-state index is 0.585. The molecule has 0 atom stereocenters. The molecule has 0 saturated carbocycles. The van der Waals surface area contributed by atoms with Gasteiger partial charge in [0.1, 0.15) is 0 Å². The van der Waals surface area contributed by atoms with Crippen molar-refractivity contribution in [1.82, 2.24) is 0 Å². The maximum atomic E-state index is 5.98. The highest BCUT2D eigenvalue weighted by molar-refractivity contribution is 6.13. The van der Waals surface area contributed by atoms with Crippen LogP contribution in [-0.4, -0.2) is 32.6 Å². The fourth-order valence-corrected chi connectivity index (χ4v) is 4.32. The molecule has 0 spiro atoms. The molecule has 36 heavy (non-hydrogen) atoms. The van der Waals surface area contributed by atoms with Crippen LogP contribution in [0.3, 0.4) is 0 Å². The predicted molar refractivity (Wildman–Crippen MR) is 156 cm³/mol. The molecular weight excluding hydrogens is 440 g/mol. The largest absolute Gasteiger partial charge is 0.402 e. The van der Waals surface area contributed by atoms with Crippen LogP contribution >= 0.6 is 0 Å². The van der Waals surface area contributed by atoms with Gasteiger partial charge in [0.05, 0.1) is 18.0 Å². The van der Waals surface area contributed by atoms with Crippen molar-refractivity contribution >= 4 is 23.2 Å². The van der Waals surface area contributed by atoms with Crippen molar-refractivity contribution in [2.75, 3.05) is 25.5 Å². The first-order valence-corrected chi connectivity index (χ1v) is 12.2. The molecule has 3 aromatic carbocycles. The number of benzene rings is 3. The number of aliphatic imine (C=N–C) groups is 2. The predicted octanol–water partition coefficient (Wildman–Crippen LogP) is 6.90. The molecule has 5 rings (SSSR count). The molecule has 4 nitrogen and oxygen atoms in total. The first-order valence-electron chi connectivity index (χ1n) is 12.2. The summed E-state index contributed by atoms with van der Waals surface area (Å²) in [5, 5.41) is 0. The third-order valence-corrected chi connectivity index (χ3v) is 6.22. The van der Waals surface area contributed by atoms with Gasteiger partial charge in [-0.25, -0.2) is 0 Å². The summed E-state index contributed by atoms with van der Waals surface area (Å²) in [6.07, 6.45) is 5.24. The topological polar surface area (TPSA) is 54.0 Å². The molecule has 0 aromatic heterocycles. The quantitative estimate of drug-likeness (QED) is 0.422. The summed E-state index contributed by atoms with van der Waals surface area (Å²) in [6.45, 7) is 6.91. The van der Waals surface area contributed by atoms with E-state index in [4.69, 9.17) is 10.7 Å². The van der Waals surface area contributed by atoms with Gasteiger partial charge in [-0.15, -0.1) is 0 Å². The molecule has 0 fully saturated rings. The SMILES string of the molecule is C=C(N)CC1=C(c2ccc(N(C)C)cc2)CC(c2ccccc2-c2ccccc2)=N1.CC1=CC=NC1. The molecule has 4 heteroatoms. The van der Waals surface area contributed by atoms with E-state index in [9.17, 15) is 0 Å². The van der Waals surface area contributed by atoms with Crippen molar-refractivity contribution in [2.45, 2.75) is 19.8 Å². The fraction of sp³-hybridized carbons (Fsp3) is 0.188. The average molecular weight is 475 g/mol. The van der Waals surface area contributed by atoms with Crippen LogP contribution in [0.5, 0.6) is 0 Å². The number of nitrogens with zero attached hydrogens (tertiary/aromatic N) is 3. The Balaban J connectivity index is 0.000000445. The van der Waals surface area contributed by atoms with Crippen LogP contribution in [0, 0.1) is 0 Å². The van der Waals surface area contributed by atoms with Crippen LogP contribution in [0.25, 0.3) is 16.7 Å². The Morgan fingerprint density at radius 3 is 2.11 bits per heavy atom. The monoisotopic (exact) mass is 474 g/mol. The van der Waals surface area contributed by atoms with Gasteiger partial charge in [0.25, 0.3) is 0 Å². The second kappa shape index (κ2) is 11.5. The Morgan fingerprint density at radius 1 is 0.889 bits per heavy atom. The molecule has 2 heterocycles. The molecule has 0 bridgehead atoms. The van der Waals surface area contributed by atoms with Gasteiger partial charge in [0.2, 0.25) is 0 Å². The van der Waals surface area contributed by atoms with Crippen LogP contribution in [0.15, 0.2) is 118 Å². The second-order valence-corrected chi connectivity index (χ2v) is 9.35. The molecule has 0 aliphatic carbocycles. The van der Waals surface area contributed by atoms with Crippen molar-refractivity contribution in [3.8, 4) is 11.1 Å². The van der Waals surface area contributed by atoms with Gasteiger partial charge < -0.3 is 10.6 Å². The Morgan fingerprint density at radius 2 is 1.56 bits per heavy atom. The summed E-state index contributed by atoms with van der Waals surface area (Å²) in [7, 11) is 4.10. The zero-order valence-corrected chi connectivity index (χ0v) is 21.4. The molecule has 0 radical (unpaired) electrons. The number of allylic oxidation sites excluding steroid dienone is 2. The van der Waals surface area contributed by atoms with Crippen LogP contribution in [0.1, 0.15) is 30.9 Å². The minimum Gasteiger partial charge on any atom is -0.402 e. The summed E-state index contributed by atoms with van der Waals surface area (Å²) >= 11 is 0. The molecule has 2 N–H and O–H groups in total. The first kappa shape index (κ1) is 24.9. The molecule has 0 unspecified atom stereocenters. The summed E-state index contributed by atoms with van der Waals surface area (Å²) in [5.74, 6) is 0. The third kappa shape index (κ3) is 6.08. The number of hydrogen-bond donors (Lipinski definition) is 1. The Labute approximate surface area is 214 Å². The number of anilines is 1. The van der Waals surface area contributed by atoms with Gasteiger partial charge in [-0.2, -0.15) is 0 Å². The lowest BCUT2D eigenvalue weighted by molar-refractivity contribution is 1.08. The van der Waals surface area contributed by atoms with E-state index >= 15 is 0 Å². The summed E-state index contributed by atoms with van der Waals surface area (Å²) in [4.78, 5) is 11.1. The van der Waals surface area contributed by atoms with E-state index in [1.54, 1.807) is 0 Å². The molecule has 182 valence electrons. The zero-order valence-electron chi connectivity index (χ0n) is 21.4. The van der Waals surface area contributed by atoms with Crippen molar-refractivity contribution in [3.05, 3.63) is 120 Å². The maximum absolute atomic E-state index is 5.98. The van der Waals surface area contributed by atoms with Crippen molar-refractivity contribution in [2.24, 2.45) is 15.7 Å². The normalized spacial score (nSPS) is 14.2. The second-order valence-electron chi connectivity index (χ2n) is 9.35. The van der Waals surface area contributed by atoms with Crippen LogP contribution < -0.4 is 10.6 Å². The van der Waals surface area contributed by atoms with Gasteiger partial charge in [0.15, 0.2) is 0 Å². The lowest BCUT2D eigenvalue weighted by atomic mass is 9.92. The van der Waals surface area contributed by atoms with E-state index in [0.29, 0.717) is 12.1 Å². The van der Waals surface area contributed by atoms with Gasteiger partial charge in [-0.3, -0.25) is 9.98 Å². The fourth-order valence-electron chi connectivity index (χ4n) is 4.32. The van der Waals surface area contributed by atoms with Crippen molar-refractivity contribution in [1.29, 1.82) is 0 Å². The van der Waals surface area contributed by atoms with Gasteiger partial charge >= 0.3 is 0 Å². The molecule has 0 amide bonds. The number of rotatable bonds is 6. The number of hydrogen-bond acceptors (Lipinski definition) is 4. The molecular formula is C32H34N4. The summed E-state index contributed by atoms with van der Waals surface area (Å²) in [6, 6.07) is 27.6. The highest BCUT2D eigenvalue weighted by Crippen LogP contribution is 2.36. The number of nitrogens with two attached hydrogens (primary N) is 1. The maximum Gasteiger partial charge on any atom is 0.0600 e. The lowest BCUT2D eigenvalue weighted by Crippen LogP contribution is -2.08. The smallest absolute Gasteiger partial charge is 0.0600 e. The summed E-state index contributed by atoms with van der Waals surface area (Å²) < 4.78 is 0. The van der Waals surface area contributed by atoms with Crippen LogP contribution in [-0.2, 0) is 0 Å². The standard InChI is InChI=1S/C27H27N3.C5H7N/c1-19(28)17-26-25(21-13-15-22(16-14-21)30(2)3)18-27(29-26)24-12-8-7-11-23(24)20-9-5-4-6-10-20;1-5-2-3-6-4-5/h4-16H,1,17-18,28H2,2-3H3;2-3H,4H2,1H3. The van der Waals surface area contributed by atoms with E-state index in [2.05, 4.69) is 110 Å². The van der Waals surface area contributed by atoms with E-state index in [1.165, 1.54) is 39.1 Å². The van der Waals surface area contributed by atoms with E-state index in [-0.39, 0.29) is 0 Å². The minimum absolute atomic E-state index is 0.585. The lowest BCUT2D eigenvalue weighted by Gasteiger charge is -2.14. The molecule has 3 aromatic rings. The van der Waals surface area contributed by atoms with Crippen LogP contribution in [0.2, 0.25) is 0 Å². The van der Waals surface area contributed by atoms with E-state index in [0.717, 1.165) is 24.4 Å². The Hall–Kier alpha value is -4.18.